The van der Waals surface area contributed by atoms with Crippen LogP contribution in [0.15, 0.2) is 21.6 Å². The highest BCUT2D eigenvalue weighted by molar-refractivity contribution is 7.89. The SMILES string of the molecule is CCCNCc1ccc(S(=O)(=O)N(CC)C(C)COC)o1. The Morgan fingerprint density at radius 2 is 2.10 bits per heavy atom. The van der Waals surface area contributed by atoms with Crippen LogP contribution in [-0.4, -0.2) is 45.6 Å². The van der Waals surface area contributed by atoms with E-state index in [0.29, 0.717) is 25.5 Å². The molecule has 0 saturated heterocycles. The lowest BCUT2D eigenvalue weighted by atomic mass is 10.4. The van der Waals surface area contributed by atoms with Gasteiger partial charge in [0, 0.05) is 19.7 Å². The van der Waals surface area contributed by atoms with E-state index in [1.807, 2.05) is 6.92 Å². The number of nitrogens with zero attached hydrogens (tertiary/aromatic N) is 1. The number of nitrogens with one attached hydrogen (secondary N) is 1. The van der Waals surface area contributed by atoms with Gasteiger partial charge < -0.3 is 14.5 Å². The maximum atomic E-state index is 12.6. The number of ether oxygens (including phenoxy) is 1. The van der Waals surface area contributed by atoms with Crippen molar-refractivity contribution in [3.63, 3.8) is 0 Å². The van der Waals surface area contributed by atoms with Gasteiger partial charge in [-0.25, -0.2) is 8.42 Å². The van der Waals surface area contributed by atoms with E-state index < -0.39 is 10.0 Å². The van der Waals surface area contributed by atoms with Crippen molar-refractivity contribution in [1.82, 2.24) is 9.62 Å². The number of furan rings is 1. The van der Waals surface area contributed by atoms with Crippen LogP contribution in [0.1, 0.15) is 33.0 Å². The van der Waals surface area contributed by atoms with Crippen molar-refractivity contribution >= 4 is 10.0 Å². The van der Waals surface area contributed by atoms with E-state index in [4.69, 9.17) is 9.15 Å². The lowest BCUT2D eigenvalue weighted by Crippen LogP contribution is -2.40. The van der Waals surface area contributed by atoms with Crippen LogP contribution in [-0.2, 0) is 21.3 Å². The second-order valence-corrected chi connectivity index (χ2v) is 6.73. The van der Waals surface area contributed by atoms with E-state index in [-0.39, 0.29) is 11.1 Å². The fraction of sp³-hybridized carbons (Fsp3) is 0.714. The van der Waals surface area contributed by atoms with Gasteiger partial charge in [0.15, 0.2) is 0 Å². The average molecular weight is 318 g/mol. The minimum atomic E-state index is -3.62. The van der Waals surface area contributed by atoms with Crippen molar-refractivity contribution in [1.29, 1.82) is 0 Å². The van der Waals surface area contributed by atoms with Gasteiger partial charge in [0.2, 0.25) is 5.09 Å². The fourth-order valence-electron chi connectivity index (χ4n) is 2.14. The van der Waals surface area contributed by atoms with Gasteiger partial charge >= 0.3 is 0 Å². The van der Waals surface area contributed by atoms with E-state index in [9.17, 15) is 8.42 Å². The number of sulfonamides is 1. The topological polar surface area (TPSA) is 71.8 Å². The molecule has 1 aromatic rings. The van der Waals surface area contributed by atoms with Crippen LogP contribution in [0.25, 0.3) is 0 Å². The van der Waals surface area contributed by atoms with Crippen LogP contribution in [0.3, 0.4) is 0 Å². The van der Waals surface area contributed by atoms with Crippen LogP contribution in [0.2, 0.25) is 0 Å². The largest absolute Gasteiger partial charge is 0.447 e. The molecule has 0 fully saturated rings. The summed E-state index contributed by atoms with van der Waals surface area (Å²) in [6, 6.07) is 2.97. The lowest BCUT2D eigenvalue weighted by Gasteiger charge is -2.25. The second kappa shape index (κ2) is 8.53. The van der Waals surface area contributed by atoms with Crippen LogP contribution < -0.4 is 5.32 Å². The molecule has 0 amide bonds. The third kappa shape index (κ3) is 4.81. The van der Waals surface area contributed by atoms with Crippen LogP contribution in [0, 0.1) is 0 Å². The van der Waals surface area contributed by atoms with Gasteiger partial charge in [0.1, 0.15) is 5.76 Å². The first kappa shape index (κ1) is 18.2. The van der Waals surface area contributed by atoms with Gasteiger partial charge in [-0.05, 0) is 32.0 Å². The number of methoxy groups -OCH3 is 1. The molecule has 7 heteroatoms. The molecule has 122 valence electrons. The molecule has 21 heavy (non-hydrogen) atoms. The Labute approximate surface area is 127 Å². The molecule has 0 aliphatic heterocycles. The minimum Gasteiger partial charge on any atom is -0.447 e. The van der Waals surface area contributed by atoms with E-state index in [0.717, 1.165) is 13.0 Å². The molecule has 0 radical (unpaired) electrons. The summed E-state index contributed by atoms with van der Waals surface area (Å²) in [6.07, 6.45) is 1.02. The summed E-state index contributed by atoms with van der Waals surface area (Å²) in [4.78, 5) is 0. The van der Waals surface area contributed by atoms with Gasteiger partial charge in [-0.3, -0.25) is 0 Å². The summed E-state index contributed by atoms with van der Waals surface area (Å²) in [5, 5.41) is 3.17. The smallest absolute Gasteiger partial charge is 0.276 e. The van der Waals surface area contributed by atoms with Crippen molar-refractivity contribution in [2.45, 2.75) is 44.9 Å². The molecule has 0 aromatic carbocycles. The van der Waals surface area contributed by atoms with Gasteiger partial charge in [-0.15, -0.1) is 0 Å². The molecule has 6 nitrogen and oxygen atoms in total. The molecule has 1 rings (SSSR count). The number of hydrogen-bond acceptors (Lipinski definition) is 5. The lowest BCUT2D eigenvalue weighted by molar-refractivity contribution is 0.142. The Hall–Kier alpha value is -0.890. The van der Waals surface area contributed by atoms with Crippen LogP contribution >= 0.6 is 0 Å². The van der Waals surface area contributed by atoms with Crippen molar-refractivity contribution in [2.75, 3.05) is 26.8 Å². The highest BCUT2D eigenvalue weighted by Crippen LogP contribution is 2.20. The summed E-state index contributed by atoms with van der Waals surface area (Å²) < 4.78 is 37.1. The Morgan fingerprint density at radius 3 is 2.67 bits per heavy atom. The van der Waals surface area contributed by atoms with Crippen molar-refractivity contribution in [3.8, 4) is 0 Å². The summed E-state index contributed by atoms with van der Waals surface area (Å²) >= 11 is 0. The van der Waals surface area contributed by atoms with Crippen LogP contribution in [0.4, 0.5) is 0 Å². The molecule has 1 atom stereocenters. The summed E-state index contributed by atoms with van der Waals surface area (Å²) in [5.41, 5.74) is 0. The Kier molecular flexibility index (Phi) is 7.37. The first-order valence-electron chi connectivity index (χ1n) is 7.27. The maximum absolute atomic E-state index is 12.6. The van der Waals surface area contributed by atoms with Crippen LogP contribution in [0.5, 0.6) is 0 Å². The van der Waals surface area contributed by atoms with E-state index in [1.54, 1.807) is 20.1 Å². The first-order chi connectivity index (χ1) is 9.97. The number of rotatable bonds is 10. The predicted molar refractivity (Wildman–Crippen MR) is 81.6 cm³/mol. The van der Waals surface area contributed by atoms with Crippen molar-refractivity contribution in [2.24, 2.45) is 0 Å². The molecule has 1 heterocycles. The van der Waals surface area contributed by atoms with Gasteiger partial charge in [0.25, 0.3) is 10.0 Å². The molecule has 1 aromatic heterocycles. The molecule has 1 unspecified atom stereocenters. The summed E-state index contributed by atoms with van der Waals surface area (Å²) in [7, 11) is -2.07. The zero-order chi connectivity index (χ0) is 15.9. The zero-order valence-corrected chi connectivity index (χ0v) is 14.1. The minimum absolute atomic E-state index is 0.0133. The predicted octanol–water partition coefficient (Wildman–Crippen LogP) is 1.82. The zero-order valence-electron chi connectivity index (χ0n) is 13.3. The second-order valence-electron chi connectivity index (χ2n) is 4.91. The van der Waals surface area contributed by atoms with E-state index >= 15 is 0 Å². The Morgan fingerprint density at radius 1 is 1.38 bits per heavy atom. The van der Waals surface area contributed by atoms with Crippen molar-refractivity contribution in [3.05, 3.63) is 17.9 Å². The standard InChI is InChI=1S/C14H26N2O4S/c1-5-9-15-10-13-7-8-14(20-13)21(17,18)16(6-2)12(3)11-19-4/h7-8,12,15H,5-6,9-11H2,1-4H3. The van der Waals surface area contributed by atoms with Gasteiger partial charge in [-0.1, -0.05) is 13.8 Å². The molecule has 0 spiro atoms. The monoisotopic (exact) mass is 318 g/mol. The molecular weight excluding hydrogens is 292 g/mol. The Bertz CT molecular complexity index is 513. The normalized spacial score (nSPS) is 13.8. The van der Waals surface area contributed by atoms with E-state index in [1.165, 1.54) is 10.4 Å². The third-order valence-corrected chi connectivity index (χ3v) is 5.10. The highest BCUT2D eigenvalue weighted by atomic mass is 32.2. The quantitative estimate of drug-likeness (QED) is 0.666. The fourth-order valence-corrected chi connectivity index (χ4v) is 3.70. The summed E-state index contributed by atoms with van der Waals surface area (Å²) in [6.45, 7) is 7.81. The van der Waals surface area contributed by atoms with Crippen molar-refractivity contribution < 1.29 is 17.6 Å². The maximum Gasteiger partial charge on any atom is 0.276 e. The van der Waals surface area contributed by atoms with E-state index in [2.05, 4.69) is 12.2 Å². The first-order valence-corrected chi connectivity index (χ1v) is 8.71. The van der Waals surface area contributed by atoms with Gasteiger partial charge in [0.05, 0.1) is 13.2 Å². The molecule has 0 bridgehead atoms. The Balaban J connectivity index is 2.85. The summed E-state index contributed by atoms with van der Waals surface area (Å²) in [5.74, 6) is 0.623. The molecule has 1 N–H and O–H groups in total. The molecule has 0 aliphatic carbocycles. The third-order valence-electron chi connectivity index (χ3n) is 3.14. The highest BCUT2D eigenvalue weighted by Gasteiger charge is 2.30. The number of likely N-dealkylation sites (N-methyl/N-ethyl adjacent to an activating group) is 1. The number of hydrogen-bond donors (Lipinski definition) is 1. The van der Waals surface area contributed by atoms with Gasteiger partial charge in [-0.2, -0.15) is 4.31 Å². The average Bonchev–Trinajstić information content (AvgIpc) is 2.89. The molecular formula is C14H26N2O4S. The molecule has 0 aliphatic rings. The molecule has 0 saturated carbocycles.